The van der Waals surface area contributed by atoms with Crippen molar-refractivity contribution < 1.29 is 19.7 Å². The van der Waals surface area contributed by atoms with E-state index in [1.165, 1.54) is 25.3 Å². The Morgan fingerprint density at radius 2 is 2.10 bits per heavy atom. The topological polar surface area (TPSA) is 66.8 Å². The highest BCUT2D eigenvalue weighted by molar-refractivity contribution is 5.90. The standard InChI is InChI=1S/C17H22O4/c1-3-4-5-6-14(18)12-15(19)9-7-13-8-10-16(20)17(11-13)21-2/h7-12,19-20H,3-6H2,1-2H3/b9-7+,15-12?. The SMILES string of the molecule is CCCCCC(=O)C=C(O)/C=C/c1ccc(O)c(OC)c1. The number of aliphatic hydroxyl groups excluding tert-OH is 1. The van der Waals surface area contributed by atoms with Gasteiger partial charge in [0.15, 0.2) is 17.3 Å². The summed E-state index contributed by atoms with van der Waals surface area (Å²) in [6, 6.07) is 4.84. The van der Waals surface area contributed by atoms with E-state index in [9.17, 15) is 15.0 Å². The Morgan fingerprint density at radius 1 is 1.33 bits per heavy atom. The molecule has 1 aromatic carbocycles. The zero-order valence-corrected chi connectivity index (χ0v) is 12.5. The first-order valence-corrected chi connectivity index (χ1v) is 7.05. The molecular weight excluding hydrogens is 268 g/mol. The van der Waals surface area contributed by atoms with Crippen LogP contribution in [0.15, 0.2) is 36.1 Å². The van der Waals surface area contributed by atoms with Gasteiger partial charge in [0.1, 0.15) is 5.76 Å². The van der Waals surface area contributed by atoms with Crippen LogP contribution in [-0.4, -0.2) is 23.1 Å². The second-order valence-electron chi connectivity index (χ2n) is 4.76. The minimum atomic E-state index is -0.0801. The fourth-order valence-electron chi connectivity index (χ4n) is 1.81. The summed E-state index contributed by atoms with van der Waals surface area (Å²) in [5, 5.41) is 19.2. The molecule has 0 bridgehead atoms. The number of rotatable bonds is 8. The zero-order valence-electron chi connectivity index (χ0n) is 12.5. The first kappa shape index (κ1) is 16.8. The van der Waals surface area contributed by atoms with Gasteiger partial charge in [-0.3, -0.25) is 4.79 Å². The largest absolute Gasteiger partial charge is 0.508 e. The van der Waals surface area contributed by atoms with Gasteiger partial charge in [0.25, 0.3) is 0 Å². The molecule has 0 aliphatic heterocycles. The number of benzene rings is 1. The molecule has 0 aromatic heterocycles. The molecule has 4 nitrogen and oxygen atoms in total. The van der Waals surface area contributed by atoms with Crippen molar-refractivity contribution >= 4 is 11.9 Å². The van der Waals surface area contributed by atoms with Crippen molar-refractivity contribution in [3.8, 4) is 11.5 Å². The van der Waals surface area contributed by atoms with Gasteiger partial charge in [0.2, 0.25) is 0 Å². The molecular formula is C17H22O4. The number of unbranched alkanes of at least 4 members (excludes halogenated alkanes) is 2. The Kier molecular flexibility index (Phi) is 7.09. The van der Waals surface area contributed by atoms with Crippen molar-refractivity contribution in [2.75, 3.05) is 7.11 Å². The maximum absolute atomic E-state index is 11.6. The van der Waals surface area contributed by atoms with E-state index in [2.05, 4.69) is 6.92 Å². The van der Waals surface area contributed by atoms with E-state index in [1.807, 2.05) is 0 Å². The number of carbonyl (C=O) groups is 1. The quantitative estimate of drug-likeness (QED) is 0.328. The third kappa shape index (κ3) is 6.17. The number of allylic oxidation sites excluding steroid dienone is 2. The fourth-order valence-corrected chi connectivity index (χ4v) is 1.81. The van der Waals surface area contributed by atoms with Crippen LogP contribution in [0.4, 0.5) is 0 Å². The lowest BCUT2D eigenvalue weighted by atomic mass is 10.1. The third-order valence-corrected chi connectivity index (χ3v) is 2.99. The number of ketones is 1. The second-order valence-corrected chi connectivity index (χ2v) is 4.76. The molecule has 0 fully saturated rings. The Balaban J connectivity index is 2.64. The highest BCUT2D eigenvalue weighted by atomic mass is 16.5. The maximum atomic E-state index is 11.6. The number of aromatic hydroxyl groups is 1. The monoisotopic (exact) mass is 290 g/mol. The fraction of sp³-hybridized carbons (Fsp3) is 0.353. The summed E-state index contributed by atoms with van der Waals surface area (Å²) in [5.41, 5.74) is 0.753. The molecule has 1 aromatic rings. The number of phenols is 1. The van der Waals surface area contributed by atoms with Gasteiger partial charge in [-0.1, -0.05) is 31.9 Å². The van der Waals surface area contributed by atoms with Crippen molar-refractivity contribution in [2.45, 2.75) is 32.6 Å². The normalized spacial score (nSPS) is 11.8. The molecule has 0 saturated heterocycles. The molecule has 0 aliphatic rings. The molecule has 0 amide bonds. The molecule has 0 spiro atoms. The van der Waals surface area contributed by atoms with Gasteiger partial charge in [-0.2, -0.15) is 0 Å². The second kappa shape index (κ2) is 8.84. The van der Waals surface area contributed by atoms with Gasteiger partial charge in [-0.25, -0.2) is 0 Å². The van der Waals surface area contributed by atoms with E-state index < -0.39 is 0 Å². The van der Waals surface area contributed by atoms with E-state index in [0.717, 1.165) is 24.8 Å². The first-order valence-electron chi connectivity index (χ1n) is 7.05. The van der Waals surface area contributed by atoms with Gasteiger partial charge < -0.3 is 14.9 Å². The van der Waals surface area contributed by atoms with Crippen LogP contribution in [0.2, 0.25) is 0 Å². The van der Waals surface area contributed by atoms with Crippen molar-refractivity contribution in [3.05, 3.63) is 41.7 Å². The Morgan fingerprint density at radius 3 is 2.76 bits per heavy atom. The molecule has 4 heteroatoms. The number of hydrogen-bond donors (Lipinski definition) is 2. The van der Waals surface area contributed by atoms with Gasteiger partial charge in [0.05, 0.1) is 7.11 Å². The Labute approximate surface area is 125 Å². The maximum Gasteiger partial charge on any atom is 0.161 e. The lowest BCUT2D eigenvalue weighted by molar-refractivity contribution is -0.114. The number of hydrogen-bond acceptors (Lipinski definition) is 4. The van der Waals surface area contributed by atoms with E-state index in [0.29, 0.717) is 12.2 Å². The zero-order chi connectivity index (χ0) is 15.7. The van der Waals surface area contributed by atoms with Crippen LogP contribution in [0, 0.1) is 0 Å². The molecule has 2 N–H and O–H groups in total. The van der Waals surface area contributed by atoms with Gasteiger partial charge in [-0.05, 0) is 30.2 Å². The van der Waals surface area contributed by atoms with Crippen molar-refractivity contribution in [1.82, 2.24) is 0 Å². The summed E-state index contributed by atoms with van der Waals surface area (Å²) >= 11 is 0. The molecule has 0 aliphatic carbocycles. The number of ether oxygens (including phenoxy) is 1. The first-order chi connectivity index (χ1) is 10.1. The molecule has 0 atom stereocenters. The van der Waals surface area contributed by atoms with E-state index >= 15 is 0 Å². The van der Waals surface area contributed by atoms with Crippen molar-refractivity contribution in [2.24, 2.45) is 0 Å². The summed E-state index contributed by atoms with van der Waals surface area (Å²) < 4.78 is 5.00. The van der Waals surface area contributed by atoms with Crippen LogP contribution >= 0.6 is 0 Å². The summed E-state index contributed by atoms with van der Waals surface area (Å²) in [7, 11) is 1.47. The molecule has 0 unspecified atom stereocenters. The number of carbonyl (C=O) groups excluding carboxylic acids is 1. The minimum Gasteiger partial charge on any atom is -0.508 e. The third-order valence-electron chi connectivity index (χ3n) is 2.99. The lowest BCUT2D eigenvalue weighted by Crippen LogP contribution is -1.94. The van der Waals surface area contributed by atoms with Crippen molar-refractivity contribution in [1.29, 1.82) is 0 Å². The Bertz CT molecular complexity index is 530. The van der Waals surface area contributed by atoms with Crippen LogP contribution in [-0.2, 0) is 4.79 Å². The predicted molar refractivity (Wildman–Crippen MR) is 83.6 cm³/mol. The minimum absolute atomic E-state index is 0.0560. The molecule has 0 radical (unpaired) electrons. The van der Waals surface area contributed by atoms with Crippen LogP contribution in [0.3, 0.4) is 0 Å². The van der Waals surface area contributed by atoms with E-state index in [4.69, 9.17) is 4.74 Å². The molecule has 21 heavy (non-hydrogen) atoms. The van der Waals surface area contributed by atoms with Crippen molar-refractivity contribution in [3.63, 3.8) is 0 Å². The van der Waals surface area contributed by atoms with E-state index in [1.54, 1.807) is 18.2 Å². The van der Waals surface area contributed by atoms with Crippen LogP contribution in [0.5, 0.6) is 11.5 Å². The van der Waals surface area contributed by atoms with Gasteiger partial charge in [-0.15, -0.1) is 0 Å². The molecule has 0 heterocycles. The molecule has 1 rings (SSSR count). The van der Waals surface area contributed by atoms with E-state index in [-0.39, 0.29) is 17.3 Å². The summed E-state index contributed by atoms with van der Waals surface area (Å²) in [6.07, 6.45) is 7.71. The van der Waals surface area contributed by atoms with Crippen LogP contribution < -0.4 is 4.74 Å². The number of phenolic OH excluding ortho intramolecular Hbond substituents is 1. The summed E-state index contributed by atoms with van der Waals surface area (Å²) in [5.74, 6) is 0.259. The predicted octanol–water partition coefficient (Wildman–Crippen LogP) is 4.01. The van der Waals surface area contributed by atoms with Crippen LogP contribution in [0.1, 0.15) is 38.2 Å². The summed E-state index contributed by atoms with van der Waals surface area (Å²) in [6.45, 7) is 2.08. The molecule has 0 saturated carbocycles. The average Bonchev–Trinajstić information content (AvgIpc) is 2.46. The smallest absolute Gasteiger partial charge is 0.161 e. The number of aliphatic hydroxyl groups is 1. The summed E-state index contributed by atoms with van der Waals surface area (Å²) in [4.78, 5) is 11.6. The molecule has 114 valence electrons. The van der Waals surface area contributed by atoms with Gasteiger partial charge >= 0.3 is 0 Å². The highest BCUT2D eigenvalue weighted by Crippen LogP contribution is 2.26. The lowest BCUT2D eigenvalue weighted by Gasteiger charge is -2.03. The van der Waals surface area contributed by atoms with Gasteiger partial charge in [0, 0.05) is 12.5 Å². The number of methoxy groups -OCH3 is 1. The Hall–Kier alpha value is -2.23. The average molecular weight is 290 g/mol. The highest BCUT2D eigenvalue weighted by Gasteiger charge is 2.01. The van der Waals surface area contributed by atoms with Crippen LogP contribution in [0.25, 0.3) is 6.08 Å².